The number of carbonyl (C=O) groups is 1. The van der Waals surface area contributed by atoms with E-state index in [4.69, 9.17) is 5.73 Å². The fraction of sp³-hybridized carbons (Fsp3) is 0.375. The van der Waals surface area contributed by atoms with Gasteiger partial charge < -0.3 is 15.7 Å². The van der Waals surface area contributed by atoms with E-state index in [0.717, 1.165) is 11.8 Å². The quantitative estimate of drug-likeness (QED) is 0.835. The number of anilines is 1. The van der Waals surface area contributed by atoms with Crippen LogP contribution in [0.5, 0.6) is 0 Å². The number of pyridine rings is 1. The van der Waals surface area contributed by atoms with Gasteiger partial charge in [-0.3, -0.25) is 4.79 Å². The Bertz CT molecular complexity index is 686. The maximum Gasteiger partial charge on any atom is 0.272 e. The summed E-state index contributed by atoms with van der Waals surface area (Å²) in [6, 6.07) is 9.11. The van der Waals surface area contributed by atoms with Crippen LogP contribution in [0.1, 0.15) is 23.8 Å². The standard InChI is InChI=1S/C16H19N3O2/c1-10-6-7-19(9-15(10)20)16(21)14-8-12(17)11-4-2-3-5-13(11)18-14/h2-5,8,10,15,20H,6-7,9H2,1H3,(H2,17,18). The molecule has 3 rings (SSSR count). The lowest BCUT2D eigenvalue weighted by molar-refractivity contribution is 0.0245. The van der Waals surface area contributed by atoms with Gasteiger partial charge in [-0.05, 0) is 24.5 Å². The number of piperidine rings is 1. The zero-order valence-electron chi connectivity index (χ0n) is 12.0. The van der Waals surface area contributed by atoms with Gasteiger partial charge in [0.1, 0.15) is 5.69 Å². The average Bonchev–Trinajstić information content (AvgIpc) is 2.49. The molecule has 0 radical (unpaired) electrons. The predicted octanol–water partition coefficient (Wildman–Crippen LogP) is 1.66. The summed E-state index contributed by atoms with van der Waals surface area (Å²) in [6.45, 7) is 3.00. The van der Waals surface area contributed by atoms with Crippen LogP contribution in [0.2, 0.25) is 0 Å². The van der Waals surface area contributed by atoms with E-state index in [1.54, 1.807) is 11.0 Å². The smallest absolute Gasteiger partial charge is 0.272 e. The topological polar surface area (TPSA) is 79.5 Å². The monoisotopic (exact) mass is 285 g/mol. The van der Waals surface area contributed by atoms with Crippen molar-refractivity contribution in [2.75, 3.05) is 18.8 Å². The largest absolute Gasteiger partial charge is 0.398 e. The Balaban J connectivity index is 1.91. The number of para-hydroxylation sites is 1. The Morgan fingerprint density at radius 1 is 1.43 bits per heavy atom. The van der Waals surface area contributed by atoms with Gasteiger partial charge in [-0.15, -0.1) is 0 Å². The number of β-amino-alcohol motifs (C(OH)–C–C–N with tert-alkyl or cyclic N) is 1. The van der Waals surface area contributed by atoms with Crippen LogP contribution in [0.3, 0.4) is 0 Å². The Morgan fingerprint density at radius 3 is 2.95 bits per heavy atom. The third-order valence-corrected chi connectivity index (χ3v) is 4.17. The van der Waals surface area contributed by atoms with Gasteiger partial charge >= 0.3 is 0 Å². The highest BCUT2D eigenvalue weighted by Crippen LogP contribution is 2.23. The highest BCUT2D eigenvalue weighted by atomic mass is 16.3. The molecule has 1 aromatic carbocycles. The van der Waals surface area contributed by atoms with Crippen molar-refractivity contribution < 1.29 is 9.90 Å². The molecule has 2 atom stereocenters. The third kappa shape index (κ3) is 2.56. The molecule has 0 bridgehead atoms. The van der Waals surface area contributed by atoms with Gasteiger partial charge in [0, 0.05) is 24.2 Å². The van der Waals surface area contributed by atoms with E-state index in [1.165, 1.54) is 0 Å². The van der Waals surface area contributed by atoms with Gasteiger partial charge in [-0.1, -0.05) is 25.1 Å². The first-order valence-electron chi connectivity index (χ1n) is 7.19. The first kappa shape index (κ1) is 13.8. The number of benzene rings is 1. The van der Waals surface area contributed by atoms with Gasteiger partial charge in [0.25, 0.3) is 5.91 Å². The number of amides is 1. The zero-order chi connectivity index (χ0) is 15.0. The molecular weight excluding hydrogens is 266 g/mol. The minimum absolute atomic E-state index is 0.168. The average molecular weight is 285 g/mol. The molecule has 2 unspecified atom stereocenters. The summed E-state index contributed by atoms with van der Waals surface area (Å²) >= 11 is 0. The molecule has 3 N–H and O–H groups in total. The summed E-state index contributed by atoms with van der Waals surface area (Å²) in [7, 11) is 0. The first-order valence-corrected chi connectivity index (χ1v) is 7.19. The lowest BCUT2D eigenvalue weighted by atomic mass is 9.96. The van der Waals surface area contributed by atoms with Crippen LogP contribution < -0.4 is 5.73 Å². The van der Waals surface area contributed by atoms with Crippen LogP contribution in [-0.4, -0.2) is 40.1 Å². The van der Waals surface area contributed by atoms with Crippen molar-refractivity contribution in [3.8, 4) is 0 Å². The number of nitrogens with two attached hydrogens (primary N) is 1. The number of rotatable bonds is 1. The van der Waals surface area contributed by atoms with Crippen molar-refractivity contribution in [3.05, 3.63) is 36.0 Å². The number of nitrogen functional groups attached to an aromatic ring is 1. The first-order chi connectivity index (χ1) is 10.1. The maximum atomic E-state index is 12.5. The van der Waals surface area contributed by atoms with Crippen molar-refractivity contribution >= 4 is 22.5 Å². The van der Waals surface area contributed by atoms with E-state index in [2.05, 4.69) is 4.98 Å². The molecule has 0 spiro atoms. The fourth-order valence-electron chi connectivity index (χ4n) is 2.71. The number of carbonyl (C=O) groups excluding carboxylic acids is 1. The summed E-state index contributed by atoms with van der Waals surface area (Å²) in [6.07, 6.45) is 0.330. The highest BCUT2D eigenvalue weighted by molar-refractivity contribution is 5.99. The molecule has 0 aliphatic carbocycles. The molecule has 1 saturated heterocycles. The van der Waals surface area contributed by atoms with E-state index < -0.39 is 6.10 Å². The summed E-state index contributed by atoms with van der Waals surface area (Å²) < 4.78 is 0. The van der Waals surface area contributed by atoms with Crippen LogP contribution in [0.25, 0.3) is 10.9 Å². The lowest BCUT2D eigenvalue weighted by Crippen LogP contribution is -2.46. The Hall–Kier alpha value is -2.14. The van der Waals surface area contributed by atoms with E-state index in [-0.39, 0.29) is 11.8 Å². The number of fused-ring (bicyclic) bond motifs is 1. The minimum atomic E-state index is -0.472. The number of aliphatic hydroxyl groups excluding tert-OH is 1. The van der Waals surface area contributed by atoms with Crippen molar-refractivity contribution in [2.24, 2.45) is 5.92 Å². The summed E-state index contributed by atoms with van der Waals surface area (Å²) in [5.74, 6) is 0.0575. The summed E-state index contributed by atoms with van der Waals surface area (Å²) in [5, 5.41) is 10.8. The predicted molar refractivity (Wildman–Crippen MR) is 81.8 cm³/mol. The van der Waals surface area contributed by atoms with Crippen molar-refractivity contribution in [1.29, 1.82) is 0 Å². The number of hydrogen-bond acceptors (Lipinski definition) is 4. The van der Waals surface area contributed by atoms with E-state index in [9.17, 15) is 9.90 Å². The second kappa shape index (κ2) is 5.33. The van der Waals surface area contributed by atoms with E-state index >= 15 is 0 Å². The molecule has 5 heteroatoms. The van der Waals surface area contributed by atoms with Crippen LogP contribution in [-0.2, 0) is 0 Å². The Labute approximate surface area is 123 Å². The molecule has 1 fully saturated rings. The second-order valence-electron chi connectivity index (χ2n) is 5.70. The van der Waals surface area contributed by atoms with Gasteiger partial charge in [0.05, 0.1) is 11.6 Å². The molecular formula is C16H19N3O2. The number of hydrogen-bond donors (Lipinski definition) is 2. The molecule has 0 saturated carbocycles. The van der Waals surface area contributed by atoms with Gasteiger partial charge in [0.2, 0.25) is 0 Å². The number of nitrogens with zero attached hydrogens (tertiary/aromatic N) is 2. The molecule has 110 valence electrons. The van der Waals surface area contributed by atoms with Crippen LogP contribution in [0.15, 0.2) is 30.3 Å². The highest BCUT2D eigenvalue weighted by Gasteiger charge is 2.28. The van der Waals surface area contributed by atoms with E-state index in [0.29, 0.717) is 30.0 Å². The van der Waals surface area contributed by atoms with Crippen molar-refractivity contribution in [2.45, 2.75) is 19.4 Å². The Morgan fingerprint density at radius 2 is 2.19 bits per heavy atom. The van der Waals surface area contributed by atoms with Crippen LogP contribution in [0, 0.1) is 5.92 Å². The molecule has 1 aliphatic rings. The normalized spacial score (nSPS) is 22.5. The van der Waals surface area contributed by atoms with Crippen LogP contribution >= 0.6 is 0 Å². The lowest BCUT2D eigenvalue weighted by Gasteiger charge is -2.34. The summed E-state index contributed by atoms with van der Waals surface area (Å²) in [4.78, 5) is 18.6. The fourth-order valence-corrected chi connectivity index (χ4v) is 2.71. The number of likely N-dealkylation sites (tertiary alicyclic amines) is 1. The Kier molecular flexibility index (Phi) is 3.51. The molecule has 1 amide bonds. The third-order valence-electron chi connectivity index (χ3n) is 4.17. The summed E-state index contributed by atoms with van der Waals surface area (Å²) in [5.41, 5.74) is 7.62. The van der Waals surface area contributed by atoms with Gasteiger partial charge in [0.15, 0.2) is 0 Å². The molecule has 1 aliphatic heterocycles. The van der Waals surface area contributed by atoms with Gasteiger partial charge in [-0.25, -0.2) is 4.98 Å². The molecule has 2 heterocycles. The zero-order valence-corrected chi connectivity index (χ0v) is 12.0. The minimum Gasteiger partial charge on any atom is -0.398 e. The van der Waals surface area contributed by atoms with E-state index in [1.807, 2.05) is 31.2 Å². The molecule has 1 aromatic heterocycles. The SMILES string of the molecule is CC1CCN(C(=O)c2cc(N)c3ccccc3n2)CC1O. The second-order valence-corrected chi connectivity index (χ2v) is 5.70. The van der Waals surface area contributed by atoms with Crippen molar-refractivity contribution in [3.63, 3.8) is 0 Å². The van der Waals surface area contributed by atoms with Crippen molar-refractivity contribution in [1.82, 2.24) is 9.88 Å². The van der Waals surface area contributed by atoms with Gasteiger partial charge in [-0.2, -0.15) is 0 Å². The molecule has 21 heavy (non-hydrogen) atoms. The van der Waals surface area contributed by atoms with Crippen LogP contribution in [0.4, 0.5) is 5.69 Å². The molecule has 5 nitrogen and oxygen atoms in total. The number of aliphatic hydroxyl groups is 1. The maximum absolute atomic E-state index is 12.5. The molecule has 2 aromatic rings. The number of aromatic nitrogens is 1.